The van der Waals surface area contributed by atoms with E-state index >= 15 is 0 Å². The first-order chi connectivity index (χ1) is 17.5. The van der Waals surface area contributed by atoms with Crippen LogP contribution < -0.4 is 5.32 Å². The Balaban J connectivity index is 1.28. The zero-order chi connectivity index (χ0) is 25.5. The lowest BCUT2D eigenvalue weighted by Crippen LogP contribution is -2.43. The SMILES string of the molecule is CCN(CC)CCCNC(=O)[C@H](C)C1CCN(C(=O)c2ccc3oc(-c4ccccc4)nc3c2)CC1. The van der Waals surface area contributed by atoms with Crippen molar-refractivity contribution in [2.75, 3.05) is 39.3 Å². The molecule has 2 amide bonds. The molecule has 36 heavy (non-hydrogen) atoms. The van der Waals surface area contributed by atoms with Crippen molar-refractivity contribution in [1.29, 1.82) is 0 Å². The molecule has 1 saturated heterocycles. The third-order valence-electron chi connectivity index (χ3n) is 7.45. The molecule has 1 atom stereocenters. The normalized spacial score (nSPS) is 15.4. The van der Waals surface area contributed by atoms with E-state index in [1.807, 2.05) is 60.4 Å². The molecule has 1 aromatic heterocycles. The smallest absolute Gasteiger partial charge is 0.253 e. The number of aromatic nitrogens is 1. The van der Waals surface area contributed by atoms with Gasteiger partial charge in [0.2, 0.25) is 11.8 Å². The van der Waals surface area contributed by atoms with E-state index in [4.69, 9.17) is 4.42 Å². The molecular weight excluding hydrogens is 452 g/mol. The van der Waals surface area contributed by atoms with E-state index < -0.39 is 0 Å². The molecule has 1 N–H and O–H groups in total. The number of amides is 2. The standard InChI is InChI=1S/C29H38N4O3/c1-4-32(5-2)17-9-16-30-27(34)21(3)22-14-18-33(19-15-22)29(35)24-12-13-26-25(20-24)31-28(36-26)23-10-7-6-8-11-23/h6-8,10-13,20-22H,4-5,9,14-19H2,1-3H3,(H,30,34)/t21-/m1/s1. The predicted molar refractivity (Wildman–Crippen MR) is 143 cm³/mol. The first-order valence-electron chi connectivity index (χ1n) is 13.3. The molecule has 3 aromatic rings. The summed E-state index contributed by atoms with van der Waals surface area (Å²) in [6.07, 6.45) is 2.64. The molecule has 0 radical (unpaired) electrons. The molecule has 0 bridgehead atoms. The van der Waals surface area contributed by atoms with Crippen LogP contribution in [-0.2, 0) is 4.79 Å². The summed E-state index contributed by atoms with van der Waals surface area (Å²) in [4.78, 5) is 34.7. The Morgan fingerprint density at radius 2 is 1.83 bits per heavy atom. The molecule has 2 aromatic carbocycles. The second-order valence-electron chi connectivity index (χ2n) is 9.66. The van der Waals surface area contributed by atoms with Gasteiger partial charge in [-0.3, -0.25) is 9.59 Å². The molecule has 0 unspecified atom stereocenters. The number of nitrogens with one attached hydrogen (secondary N) is 1. The number of carbonyl (C=O) groups excluding carboxylic acids is 2. The third-order valence-corrected chi connectivity index (χ3v) is 7.45. The molecule has 7 heteroatoms. The summed E-state index contributed by atoms with van der Waals surface area (Å²) in [5.74, 6) is 0.941. The van der Waals surface area contributed by atoms with E-state index in [1.54, 1.807) is 0 Å². The van der Waals surface area contributed by atoms with Gasteiger partial charge in [-0.05, 0) is 75.1 Å². The van der Waals surface area contributed by atoms with Crippen molar-refractivity contribution in [3.8, 4) is 11.5 Å². The maximum Gasteiger partial charge on any atom is 0.253 e. The van der Waals surface area contributed by atoms with Gasteiger partial charge in [0, 0.05) is 36.7 Å². The average Bonchev–Trinajstić information content (AvgIpc) is 3.36. The number of likely N-dealkylation sites (tertiary alicyclic amines) is 1. The molecule has 0 aliphatic carbocycles. The fourth-order valence-electron chi connectivity index (χ4n) is 4.98. The number of rotatable bonds is 10. The number of benzene rings is 2. The van der Waals surface area contributed by atoms with Crippen LogP contribution in [0.5, 0.6) is 0 Å². The van der Waals surface area contributed by atoms with Gasteiger partial charge in [0.05, 0.1) is 0 Å². The minimum absolute atomic E-state index is 0.00752. The number of nitrogens with zero attached hydrogens (tertiary/aromatic N) is 3. The van der Waals surface area contributed by atoms with Crippen molar-refractivity contribution in [3.63, 3.8) is 0 Å². The highest BCUT2D eigenvalue weighted by molar-refractivity contribution is 5.97. The minimum atomic E-state index is -0.0430. The van der Waals surface area contributed by atoms with E-state index in [1.165, 1.54) is 0 Å². The van der Waals surface area contributed by atoms with Gasteiger partial charge in [-0.1, -0.05) is 39.0 Å². The summed E-state index contributed by atoms with van der Waals surface area (Å²) < 4.78 is 5.88. The zero-order valence-corrected chi connectivity index (χ0v) is 21.7. The lowest BCUT2D eigenvalue weighted by molar-refractivity contribution is -0.126. The highest BCUT2D eigenvalue weighted by Crippen LogP contribution is 2.28. The Morgan fingerprint density at radius 1 is 1.11 bits per heavy atom. The van der Waals surface area contributed by atoms with E-state index in [9.17, 15) is 9.59 Å². The number of carbonyl (C=O) groups is 2. The monoisotopic (exact) mass is 490 g/mol. The number of hydrogen-bond donors (Lipinski definition) is 1. The summed E-state index contributed by atoms with van der Waals surface area (Å²) in [6, 6.07) is 15.2. The van der Waals surface area contributed by atoms with E-state index in [2.05, 4.69) is 29.0 Å². The van der Waals surface area contributed by atoms with Crippen LogP contribution in [0.1, 0.15) is 50.4 Å². The molecule has 4 rings (SSSR count). The van der Waals surface area contributed by atoms with Gasteiger partial charge in [0.1, 0.15) is 5.52 Å². The van der Waals surface area contributed by atoms with Crippen molar-refractivity contribution >= 4 is 22.9 Å². The van der Waals surface area contributed by atoms with E-state index in [-0.39, 0.29) is 17.7 Å². The second-order valence-corrected chi connectivity index (χ2v) is 9.66. The fraction of sp³-hybridized carbons (Fsp3) is 0.483. The van der Waals surface area contributed by atoms with Gasteiger partial charge in [0.25, 0.3) is 5.91 Å². The van der Waals surface area contributed by atoms with Gasteiger partial charge >= 0.3 is 0 Å². The Bertz CT molecular complexity index is 1150. The Kier molecular flexibility index (Phi) is 8.75. The number of oxazole rings is 1. The first-order valence-corrected chi connectivity index (χ1v) is 13.3. The fourth-order valence-corrected chi connectivity index (χ4v) is 4.98. The van der Waals surface area contributed by atoms with Crippen LogP contribution in [0, 0.1) is 11.8 Å². The lowest BCUT2D eigenvalue weighted by Gasteiger charge is -2.34. The van der Waals surface area contributed by atoms with Crippen molar-refractivity contribution < 1.29 is 14.0 Å². The summed E-state index contributed by atoms with van der Waals surface area (Å²) >= 11 is 0. The Hall–Kier alpha value is -3.19. The summed E-state index contributed by atoms with van der Waals surface area (Å²) in [5, 5.41) is 3.11. The predicted octanol–water partition coefficient (Wildman–Crippen LogP) is 4.83. The summed E-state index contributed by atoms with van der Waals surface area (Å²) in [5.41, 5.74) is 2.88. The Morgan fingerprint density at radius 3 is 2.53 bits per heavy atom. The van der Waals surface area contributed by atoms with E-state index in [0.29, 0.717) is 48.1 Å². The van der Waals surface area contributed by atoms with Gasteiger partial charge in [-0.2, -0.15) is 0 Å². The molecule has 7 nitrogen and oxygen atoms in total. The second kappa shape index (κ2) is 12.2. The van der Waals surface area contributed by atoms with Gasteiger partial charge < -0.3 is 19.5 Å². The Labute approximate surface area is 213 Å². The van der Waals surface area contributed by atoms with Gasteiger partial charge in [-0.25, -0.2) is 4.98 Å². The molecule has 1 fully saturated rings. The molecule has 0 saturated carbocycles. The maximum atomic E-state index is 13.2. The molecule has 1 aliphatic rings. The van der Waals surface area contributed by atoms with Gasteiger partial charge in [0.15, 0.2) is 5.58 Å². The number of piperidine rings is 1. The summed E-state index contributed by atoms with van der Waals surface area (Å²) in [6.45, 7) is 11.5. The van der Waals surface area contributed by atoms with Crippen LogP contribution in [0.2, 0.25) is 0 Å². The van der Waals surface area contributed by atoms with Crippen LogP contribution in [0.25, 0.3) is 22.6 Å². The molecule has 192 valence electrons. The topological polar surface area (TPSA) is 78.7 Å². The van der Waals surface area contributed by atoms with Crippen molar-refractivity contribution in [2.45, 2.75) is 40.0 Å². The first kappa shape index (κ1) is 25.9. The zero-order valence-electron chi connectivity index (χ0n) is 21.7. The van der Waals surface area contributed by atoms with Crippen molar-refractivity contribution in [3.05, 3.63) is 54.1 Å². The number of fused-ring (bicyclic) bond motifs is 1. The summed E-state index contributed by atoms with van der Waals surface area (Å²) in [7, 11) is 0. The van der Waals surface area contributed by atoms with Crippen LogP contribution >= 0.6 is 0 Å². The molecule has 0 spiro atoms. The highest BCUT2D eigenvalue weighted by Gasteiger charge is 2.30. The van der Waals surface area contributed by atoms with Crippen LogP contribution in [0.4, 0.5) is 0 Å². The molecule has 1 aliphatic heterocycles. The van der Waals surface area contributed by atoms with Crippen molar-refractivity contribution in [2.24, 2.45) is 11.8 Å². The third kappa shape index (κ3) is 6.13. The average molecular weight is 491 g/mol. The minimum Gasteiger partial charge on any atom is -0.436 e. The molecular formula is C29H38N4O3. The van der Waals surface area contributed by atoms with Crippen LogP contribution in [0.3, 0.4) is 0 Å². The van der Waals surface area contributed by atoms with E-state index in [0.717, 1.165) is 44.5 Å². The largest absolute Gasteiger partial charge is 0.436 e. The quantitative estimate of drug-likeness (QED) is 0.412. The van der Waals surface area contributed by atoms with Crippen LogP contribution in [-0.4, -0.2) is 65.9 Å². The lowest BCUT2D eigenvalue weighted by atomic mass is 9.84. The maximum absolute atomic E-state index is 13.2. The highest BCUT2D eigenvalue weighted by atomic mass is 16.3. The number of hydrogen-bond acceptors (Lipinski definition) is 5. The molecule has 2 heterocycles. The van der Waals surface area contributed by atoms with Crippen LogP contribution in [0.15, 0.2) is 52.9 Å². The van der Waals surface area contributed by atoms with Gasteiger partial charge in [-0.15, -0.1) is 0 Å². The van der Waals surface area contributed by atoms with Crippen molar-refractivity contribution in [1.82, 2.24) is 20.1 Å².